The van der Waals surface area contributed by atoms with Crippen molar-refractivity contribution in [2.45, 2.75) is 52.2 Å². The number of hydrogen-bond acceptors (Lipinski definition) is 7. The maximum atomic E-state index is 7.00. The van der Waals surface area contributed by atoms with Crippen molar-refractivity contribution in [3.05, 3.63) is 0 Å². The summed E-state index contributed by atoms with van der Waals surface area (Å²) in [6.45, 7) is 9.45. The molecule has 0 bridgehead atoms. The van der Waals surface area contributed by atoms with Crippen LogP contribution < -0.4 is 11.5 Å². The van der Waals surface area contributed by atoms with Gasteiger partial charge < -0.3 is 24.1 Å². The van der Waals surface area contributed by atoms with Crippen LogP contribution in [0, 0.1) is 0 Å². The van der Waals surface area contributed by atoms with E-state index in [9.17, 15) is 0 Å². The molecule has 7 heteroatoms. The normalized spacial score (nSPS) is 22.0. The summed E-state index contributed by atoms with van der Waals surface area (Å²) in [5.41, 5.74) is 11.5. The number of aliphatic hydroxyl groups is 1. The highest BCUT2D eigenvalue weighted by molar-refractivity contribution is 4.88. The Kier molecular flexibility index (Phi) is 21.7. The molecule has 0 radical (unpaired) electrons. The molecule has 1 fully saturated rings. The zero-order chi connectivity index (χ0) is 17.3. The summed E-state index contributed by atoms with van der Waals surface area (Å²) in [4.78, 5) is 0. The van der Waals surface area contributed by atoms with Gasteiger partial charge >= 0.3 is 0 Å². The highest BCUT2D eigenvalue weighted by Gasteiger charge is 2.43. The molecule has 7 nitrogen and oxygen atoms in total. The monoisotopic (exact) mass is 312 g/mol. The molecule has 5 N–H and O–H groups in total. The third kappa shape index (κ3) is 12.0. The molecular weight excluding hydrogens is 276 g/mol. The predicted octanol–water partition coefficient (Wildman–Crippen LogP) is 0.685. The lowest BCUT2D eigenvalue weighted by atomic mass is 10.1. The predicted molar refractivity (Wildman–Crippen MR) is 84.9 cm³/mol. The number of ether oxygens (including phenoxy) is 4. The van der Waals surface area contributed by atoms with Gasteiger partial charge in [0, 0.05) is 27.8 Å². The molecule has 1 aliphatic rings. The van der Waals surface area contributed by atoms with Crippen LogP contribution in [0.3, 0.4) is 0 Å². The van der Waals surface area contributed by atoms with E-state index in [0.29, 0.717) is 26.2 Å². The van der Waals surface area contributed by atoms with Crippen LogP contribution in [0.15, 0.2) is 0 Å². The Balaban J connectivity index is -0.000000478. The standard InChI is InChI=1S/C9H20N2O4.2C2H6.CH4O/c1-12-3-4-14-8-5-7(6-13-2)15-9(8,10)11;3*1-2/h7-8H,3-6,10-11H2,1-2H3;2*1-2H3;2H,1H3. The second-order valence-corrected chi connectivity index (χ2v) is 3.64. The van der Waals surface area contributed by atoms with Crippen LogP contribution in [-0.4, -0.2) is 64.3 Å². The minimum Gasteiger partial charge on any atom is -0.400 e. The van der Waals surface area contributed by atoms with Gasteiger partial charge in [-0.1, -0.05) is 27.7 Å². The van der Waals surface area contributed by atoms with Crippen LogP contribution in [0.4, 0.5) is 0 Å². The van der Waals surface area contributed by atoms with Crippen LogP contribution in [0.1, 0.15) is 34.1 Å². The summed E-state index contributed by atoms with van der Waals surface area (Å²) >= 11 is 0. The van der Waals surface area contributed by atoms with Gasteiger partial charge in [-0.25, -0.2) is 0 Å². The van der Waals surface area contributed by atoms with Crippen LogP contribution in [0.2, 0.25) is 0 Å². The van der Waals surface area contributed by atoms with E-state index in [-0.39, 0.29) is 12.2 Å². The number of hydrogen-bond donors (Lipinski definition) is 3. The van der Waals surface area contributed by atoms with Crippen molar-refractivity contribution in [3.8, 4) is 0 Å². The fourth-order valence-electron chi connectivity index (χ4n) is 1.60. The first kappa shape index (κ1) is 25.7. The molecule has 0 aromatic rings. The van der Waals surface area contributed by atoms with Gasteiger partial charge in [0.05, 0.1) is 25.9 Å². The van der Waals surface area contributed by atoms with Crippen molar-refractivity contribution in [2.75, 3.05) is 41.2 Å². The van der Waals surface area contributed by atoms with Gasteiger partial charge in [-0.2, -0.15) is 0 Å². The third-order valence-electron chi connectivity index (χ3n) is 2.31. The number of rotatable bonds is 6. The van der Waals surface area contributed by atoms with Crippen LogP contribution in [0.5, 0.6) is 0 Å². The summed E-state index contributed by atoms with van der Waals surface area (Å²) in [7, 11) is 4.22. The Morgan fingerprint density at radius 2 is 1.57 bits per heavy atom. The third-order valence-corrected chi connectivity index (χ3v) is 2.31. The SMILES string of the molecule is CC.CC.CO.COCCOC1CC(COC)OC1(N)N. The van der Waals surface area contributed by atoms with Crippen molar-refractivity contribution < 1.29 is 24.1 Å². The topological polar surface area (TPSA) is 109 Å². The summed E-state index contributed by atoms with van der Waals surface area (Å²) < 4.78 is 20.7. The van der Waals surface area contributed by atoms with Gasteiger partial charge in [-0.3, -0.25) is 11.5 Å². The Bertz CT molecular complexity index is 194. The molecule has 2 atom stereocenters. The molecule has 0 spiro atoms. The second kappa shape index (κ2) is 17.8. The Hall–Kier alpha value is -0.280. The van der Waals surface area contributed by atoms with Crippen LogP contribution >= 0.6 is 0 Å². The fourth-order valence-corrected chi connectivity index (χ4v) is 1.60. The van der Waals surface area contributed by atoms with E-state index < -0.39 is 5.85 Å². The lowest BCUT2D eigenvalue weighted by molar-refractivity contribution is -0.109. The molecule has 0 aromatic carbocycles. The summed E-state index contributed by atoms with van der Waals surface area (Å²) in [6, 6.07) is 0. The summed E-state index contributed by atoms with van der Waals surface area (Å²) in [6.07, 6.45) is 0.232. The summed E-state index contributed by atoms with van der Waals surface area (Å²) in [5, 5.41) is 7.00. The van der Waals surface area contributed by atoms with Crippen molar-refractivity contribution in [1.29, 1.82) is 0 Å². The Morgan fingerprint density at radius 3 is 2.00 bits per heavy atom. The van der Waals surface area contributed by atoms with Crippen LogP contribution in [-0.2, 0) is 18.9 Å². The van der Waals surface area contributed by atoms with E-state index in [2.05, 4.69) is 0 Å². The molecule has 1 aliphatic heterocycles. The molecule has 0 amide bonds. The van der Waals surface area contributed by atoms with E-state index in [0.717, 1.165) is 7.11 Å². The van der Waals surface area contributed by atoms with Gasteiger partial charge in [0.1, 0.15) is 6.10 Å². The smallest absolute Gasteiger partial charge is 0.197 e. The van der Waals surface area contributed by atoms with Crippen molar-refractivity contribution in [1.82, 2.24) is 0 Å². The molecule has 0 aromatic heterocycles. The lowest BCUT2D eigenvalue weighted by Crippen LogP contribution is -2.58. The Labute approximate surface area is 129 Å². The molecule has 2 unspecified atom stereocenters. The number of methoxy groups -OCH3 is 2. The number of nitrogens with two attached hydrogens (primary N) is 2. The molecule has 1 heterocycles. The van der Waals surface area contributed by atoms with Gasteiger partial charge in [-0.15, -0.1) is 0 Å². The largest absolute Gasteiger partial charge is 0.400 e. The van der Waals surface area contributed by atoms with Gasteiger partial charge in [0.25, 0.3) is 0 Å². The molecular formula is C14H36N2O5. The maximum absolute atomic E-state index is 7.00. The van der Waals surface area contributed by atoms with Crippen molar-refractivity contribution >= 4 is 0 Å². The molecule has 0 aliphatic carbocycles. The highest BCUT2D eigenvalue weighted by Crippen LogP contribution is 2.25. The zero-order valence-corrected chi connectivity index (χ0v) is 14.7. The van der Waals surface area contributed by atoms with E-state index in [1.807, 2.05) is 27.7 Å². The van der Waals surface area contributed by atoms with Crippen molar-refractivity contribution in [2.24, 2.45) is 11.5 Å². The highest BCUT2D eigenvalue weighted by atomic mass is 16.6. The molecule has 1 saturated heterocycles. The quantitative estimate of drug-likeness (QED) is 0.489. The summed E-state index contributed by atoms with van der Waals surface area (Å²) in [5.74, 6) is -1.23. The molecule has 0 saturated carbocycles. The number of aliphatic hydroxyl groups excluding tert-OH is 1. The minimum absolute atomic E-state index is 0.0995. The average Bonchev–Trinajstić information content (AvgIpc) is 2.80. The average molecular weight is 312 g/mol. The van der Waals surface area contributed by atoms with Gasteiger partial charge in [0.2, 0.25) is 0 Å². The van der Waals surface area contributed by atoms with Gasteiger partial charge in [0.15, 0.2) is 5.85 Å². The second-order valence-electron chi connectivity index (χ2n) is 3.64. The van der Waals surface area contributed by atoms with E-state index in [1.54, 1.807) is 14.2 Å². The molecule has 1 rings (SSSR count). The first-order chi connectivity index (χ1) is 10.1. The van der Waals surface area contributed by atoms with Crippen LogP contribution in [0.25, 0.3) is 0 Å². The Morgan fingerprint density at radius 1 is 1.05 bits per heavy atom. The molecule has 21 heavy (non-hydrogen) atoms. The van der Waals surface area contributed by atoms with E-state index in [1.165, 1.54) is 0 Å². The minimum atomic E-state index is -1.23. The zero-order valence-electron chi connectivity index (χ0n) is 14.7. The van der Waals surface area contributed by atoms with Gasteiger partial charge in [-0.05, 0) is 0 Å². The van der Waals surface area contributed by atoms with E-state index >= 15 is 0 Å². The first-order valence-electron chi connectivity index (χ1n) is 7.40. The lowest BCUT2D eigenvalue weighted by Gasteiger charge is -2.25. The molecule has 132 valence electrons. The maximum Gasteiger partial charge on any atom is 0.197 e. The van der Waals surface area contributed by atoms with E-state index in [4.69, 9.17) is 35.5 Å². The fraction of sp³-hybridized carbons (Fsp3) is 1.00. The first-order valence-corrected chi connectivity index (χ1v) is 7.40. The van der Waals surface area contributed by atoms with Crippen molar-refractivity contribution in [3.63, 3.8) is 0 Å².